The minimum absolute atomic E-state index is 0.0122. The molecular formula is C15H21NO2. The highest BCUT2D eigenvalue weighted by Gasteiger charge is 2.41. The van der Waals surface area contributed by atoms with Crippen LogP contribution >= 0.6 is 0 Å². The molecule has 0 aliphatic heterocycles. The Hall–Kier alpha value is -1.35. The van der Waals surface area contributed by atoms with Crippen LogP contribution in [-0.2, 0) is 6.42 Å². The lowest BCUT2D eigenvalue weighted by atomic mass is 10.0. The summed E-state index contributed by atoms with van der Waals surface area (Å²) >= 11 is 0. The van der Waals surface area contributed by atoms with Gasteiger partial charge >= 0.3 is 0 Å². The first-order chi connectivity index (χ1) is 8.69. The fraction of sp³-hybridized carbons (Fsp3) is 0.533. The van der Waals surface area contributed by atoms with Crippen molar-refractivity contribution in [2.75, 3.05) is 13.2 Å². The summed E-state index contributed by atoms with van der Waals surface area (Å²) in [5.74, 6) is -0.0122. The van der Waals surface area contributed by atoms with Gasteiger partial charge in [-0.05, 0) is 48.8 Å². The Labute approximate surface area is 108 Å². The molecule has 1 aromatic rings. The molecule has 0 atom stereocenters. The minimum Gasteiger partial charge on any atom is -0.396 e. The zero-order valence-electron chi connectivity index (χ0n) is 10.9. The van der Waals surface area contributed by atoms with Crippen LogP contribution in [0, 0.1) is 5.41 Å². The lowest BCUT2D eigenvalue weighted by Gasteiger charge is -2.14. The molecule has 1 amide bonds. The second-order valence-electron chi connectivity index (χ2n) is 5.21. The monoisotopic (exact) mass is 247 g/mol. The van der Waals surface area contributed by atoms with Gasteiger partial charge in [-0.1, -0.05) is 19.1 Å². The van der Waals surface area contributed by atoms with Crippen LogP contribution in [0.5, 0.6) is 0 Å². The van der Waals surface area contributed by atoms with Gasteiger partial charge in [0.05, 0.1) is 0 Å². The van der Waals surface area contributed by atoms with Gasteiger partial charge in [0.2, 0.25) is 0 Å². The number of nitrogens with one attached hydrogen (secondary N) is 1. The van der Waals surface area contributed by atoms with E-state index in [1.807, 2.05) is 24.3 Å². The Bertz CT molecular complexity index is 407. The van der Waals surface area contributed by atoms with E-state index in [4.69, 9.17) is 5.11 Å². The third-order valence-electron chi connectivity index (χ3n) is 3.85. The van der Waals surface area contributed by atoms with Crippen LogP contribution in [0.4, 0.5) is 0 Å². The number of benzene rings is 1. The van der Waals surface area contributed by atoms with E-state index < -0.39 is 0 Å². The molecule has 3 nitrogen and oxygen atoms in total. The first-order valence-electron chi connectivity index (χ1n) is 6.67. The summed E-state index contributed by atoms with van der Waals surface area (Å²) in [5, 5.41) is 11.9. The maximum absolute atomic E-state index is 11.9. The van der Waals surface area contributed by atoms with Crippen LogP contribution in [0.15, 0.2) is 24.3 Å². The topological polar surface area (TPSA) is 49.3 Å². The zero-order valence-corrected chi connectivity index (χ0v) is 10.9. The highest BCUT2D eigenvalue weighted by atomic mass is 16.3. The number of aryl methyl sites for hydroxylation is 1. The molecule has 1 fully saturated rings. The average Bonchev–Trinajstić information content (AvgIpc) is 3.17. The number of carbonyl (C=O) groups excluding carboxylic acids is 1. The largest absolute Gasteiger partial charge is 0.396 e. The van der Waals surface area contributed by atoms with Crippen molar-refractivity contribution < 1.29 is 9.90 Å². The molecule has 0 heterocycles. The summed E-state index contributed by atoms with van der Waals surface area (Å²) in [7, 11) is 0. The standard InChI is InChI=1S/C15H21NO2/c1-2-12-3-5-13(6-4-12)14(18)16-11-15(7-8-15)9-10-17/h3-6,17H,2,7-11H2,1H3,(H,16,18). The second-order valence-corrected chi connectivity index (χ2v) is 5.21. The third kappa shape index (κ3) is 3.10. The van der Waals surface area contributed by atoms with Crippen LogP contribution in [0.2, 0.25) is 0 Å². The summed E-state index contributed by atoms with van der Waals surface area (Å²) in [6.45, 7) is 2.99. The number of hydrogen-bond donors (Lipinski definition) is 2. The van der Waals surface area contributed by atoms with Crippen LogP contribution in [0.1, 0.15) is 42.1 Å². The molecule has 0 spiro atoms. The molecular weight excluding hydrogens is 226 g/mol. The molecule has 1 aromatic carbocycles. The van der Waals surface area contributed by atoms with E-state index in [0.717, 1.165) is 25.7 Å². The normalized spacial score (nSPS) is 16.3. The number of aliphatic hydroxyl groups is 1. The highest BCUT2D eigenvalue weighted by Crippen LogP contribution is 2.47. The van der Waals surface area contributed by atoms with E-state index in [1.54, 1.807) is 0 Å². The van der Waals surface area contributed by atoms with Gasteiger partial charge in [0, 0.05) is 18.7 Å². The molecule has 3 heteroatoms. The molecule has 2 N–H and O–H groups in total. The molecule has 0 saturated heterocycles. The second kappa shape index (κ2) is 5.53. The van der Waals surface area contributed by atoms with E-state index >= 15 is 0 Å². The van der Waals surface area contributed by atoms with Crippen molar-refractivity contribution in [3.05, 3.63) is 35.4 Å². The number of carbonyl (C=O) groups is 1. The molecule has 0 radical (unpaired) electrons. The zero-order chi connectivity index (χ0) is 13.0. The Kier molecular flexibility index (Phi) is 4.02. The molecule has 0 aromatic heterocycles. The Morgan fingerprint density at radius 3 is 2.50 bits per heavy atom. The van der Waals surface area contributed by atoms with Gasteiger partial charge in [-0.15, -0.1) is 0 Å². The van der Waals surface area contributed by atoms with Gasteiger partial charge in [-0.2, -0.15) is 0 Å². The third-order valence-corrected chi connectivity index (χ3v) is 3.85. The van der Waals surface area contributed by atoms with Crippen LogP contribution in [0.25, 0.3) is 0 Å². The molecule has 1 aliphatic carbocycles. The van der Waals surface area contributed by atoms with Crippen molar-refractivity contribution in [3.63, 3.8) is 0 Å². The number of aliphatic hydroxyl groups excluding tert-OH is 1. The summed E-state index contributed by atoms with van der Waals surface area (Å²) in [6, 6.07) is 7.74. The van der Waals surface area contributed by atoms with Crippen LogP contribution in [0.3, 0.4) is 0 Å². The quantitative estimate of drug-likeness (QED) is 0.809. The molecule has 1 aliphatic rings. The number of hydrogen-bond acceptors (Lipinski definition) is 2. The lowest BCUT2D eigenvalue weighted by Crippen LogP contribution is -2.30. The van der Waals surface area contributed by atoms with E-state index in [0.29, 0.717) is 12.1 Å². The van der Waals surface area contributed by atoms with E-state index in [9.17, 15) is 4.79 Å². The van der Waals surface area contributed by atoms with Crippen molar-refractivity contribution in [1.29, 1.82) is 0 Å². The van der Waals surface area contributed by atoms with Crippen molar-refractivity contribution in [2.45, 2.75) is 32.6 Å². The van der Waals surface area contributed by atoms with Crippen molar-refractivity contribution >= 4 is 5.91 Å². The predicted octanol–water partition coefficient (Wildman–Crippen LogP) is 2.14. The van der Waals surface area contributed by atoms with Crippen LogP contribution < -0.4 is 5.32 Å². The van der Waals surface area contributed by atoms with Crippen molar-refractivity contribution in [2.24, 2.45) is 5.41 Å². The molecule has 98 valence electrons. The lowest BCUT2D eigenvalue weighted by molar-refractivity contribution is 0.0941. The summed E-state index contributed by atoms with van der Waals surface area (Å²) < 4.78 is 0. The van der Waals surface area contributed by atoms with E-state index in [-0.39, 0.29) is 17.9 Å². The fourth-order valence-electron chi connectivity index (χ4n) is 2.19. The maximum Gasteiger partial charge on any atom is 0.251 e. The molecule has 18 heavy (non-hydrogen) atoms. The summed E-state index contributed by atoms with van der Waals surface area (Å²) in [5.41, 5.74) is 2.13. The maximum atomic E-state index is 11.9. The van der Waals surface area contributed by atoms with E-state index in [2.05, 4.69) is 12.2 Å². The van der Waals surface area contributed by atoms with Gasteiger partial charge in [0.15, 0.2) is 0 Å². The minimum atomic E-state index is -0.0122. The fourth-order valence-corrected chi connectivity index (χ4v) is 2.19. The Morgan fingerprint density at radius 2 is 2.00 bits per heavy atom. The van der Waals surface area contributed by atoms with Gasteiger partial charge in [0.1, 0.15) is 0 Å². The van der Waals surface area contributed by atoms with Crippen molar-refractivity contribution in [1.82, 2.24) is 5.32 Å². The molecule has 2 rings (SSSR count). The Balaban J connectivity index is 1.87. The van der Waals surface area contributed by atoms with Gasteiger partial charge < -0.3 is 10.4 Å². The first kappa shape index (κ1) is 13.1. The smallest absolute Gasteiger partial charge is 0.251 e. The van der Waals surface area contributed by atoms with Crippen molar-refractivity contribution in [3.8, 4) is 0 Å². The average molecular weight is 247 g/mol. The van der Waals surface area contributed by atoms with E-state index in [1.165, 1.54) is 5.56 Å². The highest BCUT2D eigenvalue weighted by molar-refractivity contribution is 5.94. The SMILES string of the molecule is CCc1ccc(C(=O)NCC2(CCO)CC2)cc1. The number of rotatable bonds is 6. The summed E-state index contributed by atoms with van der Waals surface area (Å²) in [4.78, 5) is 11.9. The van der Waals surface area contributed by atoms with Gasteiger partial charge in [0.25, 0.3) is 5.91 Å². The summed E-state index contributed by atoms with van der Waals surface area (Å²) in [6.07, 6.45) is 4.01. The molecule has 0 bridgehead atoms. The Morgan fingerprint density at radius 1 is 1.33 bits per heavy atom. The van der Waals surface area contributed by atoms with Crippen LogP contribution in [-0.4, -0.2) is 24.2 Å². The number of amides is 1. The first-order valence-corrected chi connectivity index (χ1v) is 6.67. The predicted molar refractivity (Wildman–Crippen MR) is 71.5 cm³/mol. The molecule has 0 unspecified atom stereocenters. The van der Waals surface area contributed by atoms with Gasteiger partial charge in [-0.3, -0.25) is 4.79 Å². The molecule has 1 saturated carbocycles. The van der Waals surface area contributed by atoms with Gasteiger partial charge in [-0.25, -0.2) is 0 Å².